The van der Waals surface area contributed by atoms with E-state index in [1.807, 2.05) is 29.9 Å². The number of aromatic nitrogens is 1. The monoisotopic (exact) mass is 302 g/mol. The number of fused-ring (bicyclic) bond motifs is 1. The number of nitrogens with one attached hydrogen (secondary N) is 1. The Morgan fingerprint density at radius 1 is 1.14 bits per heavy atom. The molecule has 0 atom stereocenters. The van der Waals surface area contributed by atoms with Crippen LogP contribution in [0.1, 0.15) is 11.1 Å². The second-order valence-corrected chi connectivity index (χ2v) is 5.43. The number of halogens is 2. The molecule has 0 saturated carbocycles. The van der Waals surface area contributed by atoms with Gasteiger partial charge in [0.15, 0.2) is 0 Å². The van der Waals surface area contributed by atoms with Crippen molar-refractivity contribution in [2.75, 3.05) is 7.05 Å². The quantitative estimate of drug-likeness (QED) is 0.764. The molecule has 2 nitrogen and oxygen atoms in total. The summed E-state index contributed by atoms with van der Waals surface area (Å²) >= 11 is 6.12. The molecular weight excluding hydrogens is 287 g/mol. The Kier molecular flexibility index (Phi) is 3.95. The molecule has 3 rings (SSSR count). The summed E-state index contributed by atoms with van der Waals surface area (Å²) in [6.07, 6.45) is 1.98. The summed E-state index contributed by atoms with van der Waals surface area (Å²) in [4.78, 5) is 0. The van der Waals surface area contributed by atoms with Gasteiger partial charge in [0.1, 0.15) is 5.82 Å². The summed E-state index contributed by atoms with van der Waals surface area (Å²) in [5, 5.41) is 4.80. The Morgan fingerprint density at radius 2 is 1.95 bits per heavy atom. The van der Waals surface area contributed by atoms with Gasteiger partial charge in [0.25, 0.3) is 0 Å². The van der Waals surface area contributed by atoms with Crippen molar-refractivity contribution >= 4 is 22.5 Å². The first-order valence-corrected chi connectivity index (χ1v) is 7.22. The topological polar surface area (TPSA) is 17.0 Å². The van der Waals surface area contributed by atoms with Crippen LogP contribution in [-0.4, -0.2) is 11.6 Å². The van der Waals surface area contributed by atoms with E-state index in [-0.39, 0.29) is 5.82 Å². The summed E-state index contributed by atoms with van der Waals surface area (Å²) < 4.78 is 16.0. The highest BCUT2D eigenvalue weighted by molar-refractivity contribution is 6.31. The second kappa shape index (κ2) is 5.88. The maximum absolute atomic E-state index is 13.9. The molecule has 0 aliphatic rings. The van der Waals surface area contributed by atoms with Crippen LogP contribution in [-0.2, 0) is 13.1 Å². The Bertz CT molecular complexity index is 759. The van der Waals surface area contributed by atoms with Gasteiger partial charge in [0.05, 0.1) is 6.54 Å². The highest BCUT2D eigenvalue weighted by atomic mass is 35.5. The molecule has 108 valence electrons. The van der Waals surface area contributed by atoms with E-state index in [1.165, 1.54) is 17.0 Å². The fraction of sp³-hybridized carbons (Fsp3) is 0.176. The second-order valence-electron chi connectivity index (χ2n) is 5.02. The molecule has 0 fully saturated rings. The van der Waals surface area contributed by atoms with E-state index < -0.39 is 0 Å². The maximum atomic E-state index is 13.9. The molecule has 0 spiro atoms. The molecule has 2 aromatic carbocycles. The first-order chi connectivity index (χ1) is 10.2. The van der Waals surface area contributed by atoms with Gasteiger partial charge in [-0.05, 0) is 36.9 Å². The van der Waals surface area contributed by atoms with Crippen molar-refractivity contribution in [1.29, 1.82) is 0 Å². The predicted molar refractivity (Wildman–Crippen MR) is 85.2 cm³/mol. The van der Waals surface area contributed by atoms with Crippen LogP contribution in [0.5, 0.6) is 0 Å². The van der Waals surface area contributed by atoms with Crippen LogP contribution in [0.15, 0.2) is 48.7 Å². The van der Waals surface area contributed by atoms with Crippen LogP contribution in [0, 0.1) is 5.82 Å². The standard InChI is InChI=1S/C17H16ClFN2/c1-20-10-12-4-2-7-17-13(12)8-9-21(17)11-14-15(18)5-3-6-16(14)19/h2-9,20H,10-11H2,1H3. The first-order valence-electron chi connectivity index (χ1n) is 6.85. The molecule has 21 heavy (non-hydrogen) atoms. The van der Waals surface area contributed by atoms with Gasteiger partial charge < -0.3 is 9.88 Å². The van der Waals surface area contributed by atoms with Crippen molar-refractivity contribution in [1.82, 2.24) is 9.88 Å². The minimum absolute atomic E-state index is 0.268. The zero-order chi connectivity index (χ0) is 14.8. The van der Waals surface area contributed by atoms with Gasteiger partial charge in [0.2, 0.25) is 0 Å². The van der Waals surface area contributed by atoms with Crippen molar-refractivity contribution in [3.8, 4) is 0 Å². The molecule has 1 heterocycles. The Balaban J connectivity index is 2.04. The molecule has 3 aromatic rings. The highest BCUT2D eigenvalue weighted by Gasteiger charge is 2.10. The van der Waals surface area contributed by atoms with Crippen LogP contribution in [0.3, 0.4) is 0 Å². The summed E-state index contributed by atoms with van der Waals surface area (Å²) in [7, 11) is 1.93. The molecule has 0 saturated heterocycles. The van der Waals surface area contributed by atoms with E-state index in [2.05, 4.69) is 17.4 Å². The van der Waals surface area contributed by atoms with Crippen LogP contribution in [0.4, 0.5) is 4.39 Å². The van der Waals surface area contributed by atoms with Gasteiger partial charge in [-0.3, -0.25) is 0 Å². The van der Waals surface area contributed by atoms with Crippen molar-refractivity contribution in [3.05, 3.63) is 70.6 Å². The Morgan fingerprint density at radius 3 is 2.71 bits per heavy atom. The lowest BCUT2D eigenvalue weighted by molar-refractivity contribution is 0.602. The van der Waals surface area contributed by atoms with Crippen LogP contribution in [0.25, 0.3) is 10.9 Å². The lowest BCUT2D eigenvalue weighted by Gasteiger charge is -2.09. The van der Waals surface area contributed by atoms with Crippen molar-refractivity contribution in [2.24, 2.45) is 0 Å². The van der Waals surface area contributed by atoms with Crippen LogP contribution >= 0.6 is 11.6 Å². The van der Waals surface area contributed by atoms with E-state index in [1.54, 1.807) is 12.1 Å². The van der Waals surface area contributed by atoms with Gasteiger partial charge in [-0.1, -0.05) is 29.8 Å². The molecule has 1 aromatic heterocycles. The van der Waals surface area contributed by atoms with Crippen molar-refractivity contribution in [2.45, 2.75) is 13.1 Å². The van der Waals surface area contributed by atoms with E-state index in [9.17, 15) is 4.39 Å². The smallest absolute Gasteiger partial charge is 0.129 e. The van der Waals surface area contributed by atoms with Gasteiger partial charge in [-0.15, -0.1) is 0 Å². The summed E-state index contributed by atoms with van der Waals surface area (Å²) in [5.74, 6) is -0.268. The third-order valence-corrected chi connectivity index (χ3v) is 4.02. The Hall–Kier alpha value is -1.84. The number of hydrogen-bond acceptors (Lipinski definition) is 1. The fourth-order valence-electron chi connectivity index (χ4n) is 2.62. The largest absolute Gasteiger partial charge is 0.343 e. The SMILES string of the molecule is CNCc1cccc2c1ccn2Cc1c(F)cccc1Cl. The molecule has 4 heteroatoms. The van der Waals surface area contributed by atoms with Crippen molar-refractivity contribution < 1.29 is 4.39 Å². The third-order valence-electron chi connectivity index (χ3n) is 3.66. The van der Waals surface area contributed by atoms with Gasteiger partial charge in [0, 0.05) is 34.2 Å². The average molecular weight is 303 g/mol. The minimum atomic E-state index is -0.268. The fourth-order valence-corrected chi connectivity index (χ4v) is 2.85. The normalized spacial score (nSPS) is 11.2. The first kappa shape index (κ1) is 14.1. The molecule has 0 aliphatic heterocycles. The molecule has 0 bridgehead atoms. The molecular formula is C17H16ClFN2. The Labute approximate surface area is 128 Å². The van der Waals surface area contributed by atoms with E-state index in [0.717, 1.165) is 12.1 Å². The lowest BCUT2D eigenvalue weighted by atomic mass is 10.1. The number of benzene rings is 2. The van der Waals surface area contributed by atoms with Crippen LogP contribution in [0.2, 0.25) is 5.02 Å². The van der Waals surface area contributed by atoms with E-state index in [0.29, 0.717) is 17.1 Å². The van der Waals surface area contributed by atoms with E-state index >= 15 is 0 Å². The maximum Gasteiger partial charge on any atom is 0.129 e. The number of hydrogen-bond donors (Lipinski definition) is 1. The predicted octanol–water partition coefficient (Wildman–Crippen LogP) is 4.20. The number of rotatable bonds is 4. The molecule has 0 unspecified atom stereocenters. The summed E-state index contributed by atoms with van der Waals surface area (Å²) in [6.45, 7) is 1.24. The van der Waals surface area contributed by atoms with Crippen molar-refractivity contribution in [3.63, 3.8) is 0 Å². The van der Waals surface area contributed by atoms with Crippen LogP contribution < -0.4 is 5.32 Å². The summed E-state index contributed by atoms with van der Waals surface area (Å²) in [6, 6.07) is 13.0. The summed E-state index contributed by atoms with van der Waals surface area (Å²) in [5.41, 5.74) is 2.84. The molecule has 0 radical (unpaired) electrons. The van der Waals surface area contributed by atoms with Gasteiger partial charge in [-0.2, -0.15) is 0 Å². The number of nitrogens with zero attached hydrogens (tertiary/aromatic N) is 1. The zero-order valence-corrected chi connectivity index (χ0v) is 12.5. The average Bonchev–Trinajstić information content (AvgIpc) is 2.88. The highest BCUT2D eigenvalue weighted by Crippen LogP contribution is 2.25. The molecule has 0 aliphatic carbocycles. The zero-order valence-electron chi connectivity index (χ0n) is 11.7. The van der Waals surface area contributed by atoms with E-state index in [4.69, 9.17) is 11.6 Å². The van der Waals surface area contributed by atoms with Gasteiger partial charge in [-0.25, -0.2) is 4.39 Å². The van der Waals surface area contributed by atoms with Gasteiger partial charge >= 0.3 is 0 Å². The lowest BCUT2D eigenvalue weighted by Crippen LogP contribution is -2.05. The minimum Gasteiger partial charge on any atom is -0.343 e. The molecule has 1 N–H and O–H groups in total. The molecule has 0 amide bonds. The third kappa shape index (κ3) is 2.67.